The Morgan fingerprint density at radius 1 is 0.793 bits per heavy atom. The molecule has 5 nitrogen and oxygen atoms in total. The summed E-state index contributed by atoms with van der Waals surface area (Å²) in [6.07, 6.45) is 0. The van der Waals surface area contributed by atoms with Gasteiger partial charge >= 0.3 is 0 Å². The minimum atomic E-state index is -0.358. The molecule has 3 N–H and O–H groups in total. The van der Waals surface area contributed by atoms with Crippen LogP contribution in [0.4, 0.5) is 11.4 Å². The topological polar surface area (TPSA) is 70.2 Å². The number of carbonyl (C=O) groups is 2. The molecule has 8 heteroatoms. The monoisotopic (exact) mass is 487 g/mol. The van der Waals surface area contributed by atoms with Crippen molar-refractivity contribution in [3.63, 3.8) is 0 Å². The van der Waals surface area contributed by atoms with E-state index < -0.39 is 0 Å². The molecule has 0 atom stereocenters. The van der Waals surface area contributed by atoms with E-state index in [1.807, 2.05) is 0 Å². The van der Waals surface area contributed by atoms with Crippen LogP contribution < -0.4 is 16.0 Å². The van der Waals surface area contributed by atoms with Gasteiger partial charge in [-0.2, -0.15) is 0 Å². The number of thiocarbonyl (C=S) groups is 1. The van der Waals surface area contributed by atoms with Crippen LogP contribution in [0.25, 0.3) is 0 Å². The fraction of sp³-hybridized carbons (Fsp3) is 0. The van der Waals surface area contributed by atoms with Gasteiger partial charge in [-0.25, -0.2) is 0 Å². The quantitative estimate of drug-likeness (QED) is 0.425. The van der Waals surface area contributed by atoms with E-state index in [0.29, 0.717) is 27.5 Å². The molecule has 0 bridgehead atoms. The van der Waals surface area contributed by atoms with Crippen molar-refractivity contribution in [2.24, 2.45) is 0 Å². The van der Waals surface area contributed by atoms with Gasteiger partial charge in [-0.1, -0.05) is 33.6 Å². The van der Waals surface area contributed by atoms with Crippen LogP contribution in [0.15, 0.2) is 77.3 Å². The Labute approximate surface area is 186 Å². The van der Waals surface area contributed by atoms with Crippen molar-refractivity contribution in [1.29, 1.82) is 0 Å². The van der Waals surface area contributed by atoms with Crippen LogP contribution in [0.5, 0.6) is 0 Å². The molecule has 0 spiro atoms. The van der Waals surface area contributed by atoms with Crippen LogP contribution in [0, 0.1) is 0 Å². The maximum absolute atomic E-state index is 12.2. The summed E-state index contributed by atoms with van der Waals surface area (Å²) in [6, 6.07) is 20.6. The van der Waals surface area contributed by atoms with Gasteiger partial charge < -0.3 is 10.6 Å². The number of amides is 2. The normalized spacial score (nSPS) is 10.1. The van der Waals surface area contributed by atoms with Crippen molar-refractivity contribution in [3.05, 3.63) is 93.4 Å². The summed E-state index contributed by atoms with van der Waals surface area (Å²) in [7, 11) is 0. The van der Waals surface area contributed by atoms with Gasteiger partial charge in [-0.15, -0.1) is 0 Å². The molecule has 0 fully saturated rings. The summed E-state index contributed by atoms with van der Waals surface area (Å²) in [5, 5.41) is 8.96. The van der Waals surface area contributed by atoms with Crippen molar-refractivity contribution in [1.82, 2.24) is 5.32 Å². The van der Waals surface area contributed by atoms with Gasteiger partial charge in [0.2, 0.25) is 0 Å². The van der Waals surface area contributed by atoms with E-state index in [-0.39, 0.29) is 16.9 Å². The predicted molar refractivity (Wildman–Crippen MR) is 124 cm³/mol. The number of halogens is 2. The Morgan fingerprint density at radius 2 is 1.41 bits per heavy atom. The van der Waals surface area contributed by atoms with Crippen molar-refractivity contribution in [2.45, 2.75) is 0 Å². The third-order valence-electron chi connectivity index (χ3n) is 3.82. The lowest BCUT2D eigenvalue weighted by atomic mass is 10.2. The SMILES string of the molecule is O=C(NC(=S)Nc1ccc(NC(=O)c2ccc(Br)cc2)cc1)c1cccc(Cl)c1. The van der Waals surface area contributed by atoms with Crippen LogP contribution >= 0.6 is 39.7 Å². The molecule has 3 rings (SSSR count). The van der Waals surface area contributed by atoms with Crippen LogP contribution in [0.2, 0.25) is 5.02 Å². The second-order valence-electron chi connectivity index (χ2n) is 5.96. The van der Waals surface area contributed by atoms with Gasteiger partial charge in [0.15, 0.2) is 5.11 Å². The highest BCUT2D eigenvalue weighted by Crippen LogP contribution is 2.16. The molecule has 0 radical (unpaired) electrons. The van der Waals surface area contributed by atoms with Crippen molar-refractivity contribution < 1.29 is 9.59 Å². The summed E-state index contributed by atoms with van der Waals surface area (Å²) in [4.78, 5) is 24.4. The number of rotatable bonds is 4. The van der Waals surface area contributed by atoms with E-state index >= 15 is 0 Å². The molecule has 0 aliphatic rings. The Morgan fingerprint density at radius 3 is 2.03 bits per heavy atom. The minimum absolute atomic E-state index is 0.154. The van der Waals surface area contributed by atoms with Gasteiger partial charge in [-0.05, 0) is 78.9 Å². The first-order valence-electron chi connectivity index (χ1n) is 8.45. The largest absolute Gasteiger partial charge is 0.332 e. The number of carbonyl (C=O) groups excluding carboxylic acids is 2. The number of nitrogens with one attached hydrogen (secondary N) is 3. The van der Waals surface area contributed by atoms with Crippen LogP contribution in [-0.2, 0) is 0 Å². The maximum Gasteiger partial charge on any atom is 0.257 e. The molecule has 0 saturated heterocycles. The zero-order valence-electron chi connectivity index (χ0n) is 14.9. The predicted octanol–water partition coefficient (Wildman–Crippen LogP) is 5.48. The number of hydrogen-bond donors (Lipinski definition) is 3. The molecule has 3 aromatic carbocycles. The highest BCUT2D eigenvalue weighted by molar-refractivity contribution is 9.10. The Balaban J connectivity index is 1.55. The van der Waals surface area contributed by atoms with Crippen molar-refractivity contribution in [3.8, 4) is 0 Å². The zero-order valence-corrected chi connectivity index (χ0v) is 18.1. The number of benzene rings is 3. The Kier molecular flexibility index (Phi) is 6.98. The lowest BCUT2D eigenvalue weighted by Crippen LogP contribution is -2.34. The second kappa shape index (κ2) is 9.65. The Hall–Kier alpha value is -2.74. The van der Waals surface area contributed by atoms with E-state index in [2.05, 4.69) is 31.9 Å². The molecule has 146 valence electrons. The lowest BCUT2D eigenvalue weighted by molar-refractivity contribution is 0.0976. The molecule has 2 amide bonds. The number of anilines is 2. The molecular formula is C21H15BrClN3O2S. The fourth-order valence-corrected chi connectivity index (χ4v) is 3.07. The smallest absolute Gasteiger partial charge is 0.257 e. The second-order valence-corrected chi connectivity index (χ2v) is 7.72. The van der Waals surface area contributed by atoms with Gasteiger partial charge in [0.1, 0.15) is 0 Å². The molecule has 0 heterocycles. The first kappa shape index (κ1) is 21.0. The van der Waals surface area contributed by atoms with Crippen LogP contribution in [-0.4, -0.2) is 16.9 Å². The molecule has 0 saturated carbocycles. The molecule has 0 unspecified atom stereocenters. The Bertz CT molecular complexity index is 1060. The summed E-state index contributed by atoms with van der Waals surface area (Å²) in [5.74, 6) is -0.564. The molecule has 0 aromatic heterocycles. The summed E-state index contributed by atoms with van der Waals surface area (Å²) in [5.41, 5.74) is 2.27. The van der Waals surface area contributed by atoms with E-state index in [4.69, 9.17) is 23.8 Å². The van der Waals surface area contributed by atoms with Gasteiger partial charge in [0, 0.05) is 32.0 Å². The third-order valence-corrected chi connectivity index (χ3v) is 4.79. The van der Waals surface area contributed by atoms with Crippen molar-refractivity contribution >= 4 is 68.1 Å². The summed E-state index contributed by atoms with van der Waals surface area (Å²) < 4.78 is 0.905. The van der Waals surface area contributed by atoms with E-state index in [1.165, 1.54) is 0 Å². The highest BCUT2D eigenvalue weighted by Gasteiger charge is 2.09. The van der Waals surface area contributed by atoms with Crippen LogP contribution in [0.1, 0.15) is 20.7 Å². The first-order valence-corrected chi connectivity index (χ1v) is 10.0. The zero-order chi connectivity index (χ0) is 20.8. The van der Waals surface area contributed by atoms with Crippen LogP contribution in [0.3, 0.4) is 0 Å². The standard InChI is InChI=1S/C21H15BrClN3O2S/c22-15-6-4-13(5-7-15)19(27)24-17-8-10-18(11-9-17)25-21(29)26-20(28)14-2-1-3-16(23)12-14/h1-12H,(H,24,27)(H2,25,26,28,29). The van der Waals surface area contributed by atoms with E-state index in [9.17, 15) is 9.59 Å². The number of hydrogen-bond acceptors (Lipinski definition) is 3. The molecule has 3 aromatic rings. The minimum Gasteiger partial charge on any atom is -0.332 e. The van der Waals surface area contributed by atoms with Gasteiger partial charge in [0.05, 0.1) is 0 Å². The lowest BCUT2D eigenvalue weighted by Gasteiger charge is -2.11. The average Bonchev–Trinajstić information content (AvgIpc) is 2.70. The molecule has 0 aliphatic carbocycles. The summed E-state index contributed by atoms with van der Waals surface area (Å²) in [6.45, 7) is 0. The van der Waals surface area contributed by atoms with E-state index in [0.717, 1.165) is 4.47 Å². The molecule has 0 aliphatic heterocycles. The first-order chi connectivity index (χ1) is 13.9. The molecule has 29 heavy (non-hydrogen) atoms. The van der Waals surface area contributed by atoms with Gasteiger partial charge in [0.25, 0.3) is 11.8 Å². The molecular weight excluding hydrogens is 474 g/mol. The highest BCUT2D eigenvalue weighted by atomic mass is 79.9. The van der Waals surface area contributed by atoms with E-state index in [1.54, 1.807) is 72.8 Å². The van der Waals surface area contributed by atoms with Gasteiger partial charge in [-0.3, -0.25) is 14.9 Å². The maximum atomic E-state index is 12.2. The van der Waals surface area contributed by atoms with Crippen molar-refractivity contribution in [2.75, 3.05) is 10.6 Å². The third kappa shape index (κ3) is 6.12. The fourth-order valence-electron chi connectivity index (χ4n) is 2.41. The summed E-state index contributed by atoms with van der Waals surface area (Å²) >= 11 is 14.4. The average molecular weight is 489 g/mol.